The van der Waals surface area contributed by atoms with Gasteiger partial charge in [0.15, 0.2) is 0 Å². The van der Waals surface area contributed by atoms with Crippen LogP contribution in [0.15, 0.2) is 22.7 Å². The van der Waals surface area contributed by atoms with Crippen LogP contribution in [0.1, 0.15) is 16.1 Å². The van der Waals surface area contributed by atoms with Gasteiger partial charge in [0.05, 0.1) is 17.2 Å². The molecule has 2 aromatic rings. The normalized spacial score (nSPS) is 10.4. The lowest BCUT2D eigenvalue weighted by Gasteiger charge is -2.08. The Bertz CT molecular complexity index is 690. The molecule has 0 saturated heterocycles. The Morgan fingerprint density at radius 3 is 2.80 bits per heavy atom. The molecular weight excluding hydrogens is 372 g/mol. The van der Waals surface area contributed by atoms with Gasteiger partial charge in [-0.1, -0.05) is 22.8 Å². The molecule has 2 N–H and O–H groups in total. The van der Waals surface area contributed by atoms with Crippen LogP contribution in [-0.4, -0.2) is 44.4 Å². The summed E-state index contributed by atoms with van der Waals surface area (Å²) in [6.07, 6.45) is 0. The first-order chi connectivity index (χ1) is 11.6. The van der Waals surface area contributed by atoms with Gasteiger partial charge in [-0.05, 0) is 19.1 Å². The molecule has 1 aromatic heterocycles. The lowest BCUT2D eigenvalue weighted by Crippen LogP contribution is -2.33. The van der Waals surface area contributed by atoms with E-state index in [0.29, 0.717) is 32.0 Å². The van der Waals surface area contributed by atoms with E-state index >= 15 is 0 Å². The van der Waals surface area contributed by atoms with Gasteiger partial charge in [-0.3, -0.25) is 4.79 Å². The van der Waals surface area contributed by atoms with Crippen LogP contribution in [0.25, 0.3) is 11.3 Å². The maximum Gasteiger partial charge on any atom is 0.257 e. The zero-order chi connectivity index (χ0) is 17.5. The quantitative estimate of drug-likeness (QED) is 0.676. The average molecular weight is 392 g/mol. The van der Waals surface area contributed by atoms with Crippen LogP contribution in [0.3, 0.4) is 0 Å². The number of ether oxygens (including phenoxy) is 1. The summed E-state index contributed by atoms with van der Waals surface area (Å²) in [4.78, 5) is 12.4. The molecule has 1 aromatic carbocycles. The van der Waals surface area contributed by atoms with Gasteiger partial charge in [0.2, 0.25) is 0 Å². The van der Waals surface area contributed by atoms with Crippen LogP contribution in [0.2, 0.25) is 5.02 Å². The fourth-order valence-corrected chi connectivity index (χ4v) is 2.44. The van der Waals surface area contributed by atoms with Gasteiger partial charge in [-0.15, -0.1) is 12.4 Å². The SMILES string of the molecule is COCCNCCNC(=O)c1c(-c2c(F)cccc2Cl)noc1C.Cl. The number of carbonyl (C=O) groups excluding carboxylic acids is 1. The van der Waals surface area contributed by atoms with Crippen LogP contribution in [0.5, 0.6) is 0 Å². The third kappa shape index (κ3) is 5.40. The van der Waals surface area contributed by atoms with Gasteiger partial charge in [-0.25, -0.2) is 4.39 Å². The van der Waals surface area contributed by atoms with Crippen LogP contribution >= 0.6 is 24.0 Å². The monoisotopic (exact) mass is 391 g/mol. The second kappa shape index (κ2) is 10.4. The molecule has 6 nitrogen and oxygen atoms in total. The molecule has 1 heterocycles. The Morgan fingerprint density at radius 1 is 1.36 bits per heavy atom. The molecule has 138 valence electrons. The summed E-state index contributed by atoms with van der Waals surface area (Å²) in [6.45, 7) is 3.85. The summed E-state index contributed by atoms with van der Waals surface area (Å²) in [6, 6.07) is 4.28. The van der Waals surface area contributed by atoms with E-state index in [1.165, 1.54) is 18.2 Å². The van der Waals surface area contributed by atoms with E-state index in [4.69, 9.17) is 20.9 Å². The van der Waals surface area contributed by atoms with E-state index in [1.807, 2.05) is 0 Å². The van der Waals surface area contributed by atoms with Crippen molar-refractivity contribution < 1.29 is 18.4 Å². The molecule has 25 heavy (non-hydrogen) atoms. The lowest BCUT2D eigenvalue weighted by molar-refractivity contribution is 0.0952. The Morgan fingerprint density at radius 2 is 2.12 bits per heavy atom. The molecule has 0 spiro atoms. The van der Waals surface area contributed by atoms with E-state index in [2.05, 4.69) is 15.8 Å². The summed E-state index contributed by atoms with van der Waals surface area (Å²) in [7, 11) is 1.62. The highest BCUT2D eigenvalue weighted by Crippen LogP contribution is 2.33. The molecule has 0 atom stereocenters. The number of carbonyl (C=O) groups is 1. The fraction of sp³-hybridized carbons (Fsp3) is 0.375. The molecule has 0 unspecified atom stereocenters. The zero-order valence-electron chi connectivity index (χ0n) is 13.9. The molecule has 0 radical (unpaired) electrons. The minimum Gasteiger partial charge on any atom is -0.383 e. The number of methoxy groups -OCH3 is 1. The highest BCUT2D eigenvalue weighted by Gasteiger charge is 2.25. The second-order valence-electron chi connectivity index (χ2n) is 5.06. The van der Waals surface area contributed by atoms with Gasteiger partial charge in [0.25, 0.3) is 5.91 Å². The molecule has 0 fully saturated rings. The predicted octanol–water partition coefficient (Wildman–Crippen LogP) is 2.83. The molecule has 1 amide bonds. The van der Waals surface area contributed by atoms with Crippen molar-refractivity contribution in [3.63, 3.8) is 0 Å². The topological polar surface area (TPSA) is 76.4 Å². The van der Waals surface area contributed by atoms with Gasteiger partial charge < -0.3 is 19.9 Å². The molecule has 0 aliphatic carbocycles. The molecule has 0 aliphatic rings. The largest absolute Gasteiger partial charge is 0.383 e. The van der Waals surface area contributed by atoms with Crippen LogP contribution < -0.4 is 10.6 Å². The van der Waals surface area contributed by atoms with Crippen molar-refractivity contribution in [2.45, 2.75) is 6.92 Å². The van der Waals surface area contributed by atoms with Gasteiger partial charge in [-0.2, -0.15) is 0 Å². The summed E-state index contributed by atoms with van der Waals surface area (Å²) in [5.74, 6) is -0.656. The molecular formula is C16H20Cl2FN3O3. The smallest absolute Gasteiger partial charge is 0.257 e. The average Bonchev–Trinajstić information content (AvgIpc) is 2.92. The highest BCUT2D eigenvalue weighted by molar-refractivity contribution is 6.33. The number of halogens is 3. The third-order valence-electron chi connectivity index (χ3n) is 3.36. The molecule has 2 rings (SSSR count). The summed E-state index contributed by atoms with van der Waals surface area (Å²) in [5.41, 5.74) is 0.332. The van der Waals surface area contributed by atoms with E-state index in [1.54, 1.807) is 14.0 Å². The predicted molar refractivity (Wildman–Crippen MR) is 96.0 cm³/mol. The van der Waals surface area contributed by atoms with Crippen LogP contribution in [0, 0.1) is 12.7 Å². The minimum absolute atomic E-state index is 0. The van der Waals surface area contributed by atoms with E-state index < -0.39 is 11.7 Å². The van der Waals surface area contributed by atoms with E-state index in [9.17, 15) is 9.18 Å². The molecule has 0 aliphatic heterocycles. The van der Waals surface area contributed by atoms with Crippen LogP contribution in [0.4, 0.5) is 4.39 Å². The van der Waals surface area contributed by atoms with Crippen molar-refractivity contribution in [2.24, 2.45) is 0 Å². The minimum atomic E-state index is -0.564. The second-order valence-corrected chi connectivity index (χ2v) is 5.46. The number of nitrogens with one attached hydrogen (secondary N) is 2. The molecule has 9 heteroatoms. The number of nitrogens with zero attached hydrogens (tertiary/aromatic N) is 1. The van der Waals surface area contributed by atoms with Gasteiger partial charge in [0, 0.05) is 26.7 Å². The first kappa shape index (κ1) is 21.4. The van der Waals surface area contributed by atoms with Crippen molar-refractivity contribution in [1.29, 1.82) is 0 Å². The van der Waals surface area contributed by atoms with Gasteiger partial charge >= 0.3 is 0 Å². The Labute approximate surface area is 156 Å². The summed E-state index contributed by atoms with van der Waals surface area (Å²) in [5, 5.41) is 9.82. The number of hydrogen-bond donors (Lipinski definition) is 2. The van der Waals surface area contributed by atoms with Crippen LogP contribution in [-0.2, 0) is 4.74 Å². The maximum atomic E-state index is 14.1. The van der Waals surface area contributed by atoms with Crippen molar-refractivity contribution in [1.82, 2.24) is 15.8 Å². The van der Waals surface area contributed by atoms with Crippen molar-refractivity contribution in [2.75, 3.05) is 33.4 Å². The van der Waals surface area contributed by atoms with E-state index in [-0.39, 0.29) is 34.3 Å². The van der Waals surface area contributed by atoms with Gasteiger partial charge in [0.1, 0.15) is 22.8 Å². The van der Waals surface area contributed by atoms with Crippen molar-refractivity contribution in [3.8, 4) is 11.3 Å². The van der Waals surface area contributed by atoms with E-state index in [0.717, 1.165) is 0 Å². The number of rotatable bonds is 8. The zero-order valence-corrected chi connectivity index (χ0v) is 15.5. The Hall–Kier alpha value is -1.67. The summed E-state index contributed by atoms with van der Waals surface area (Å²) < 4.78 is 24.1. The number of aryl methyl sites for hydroxylation is 1. The highest BCUT2D eigenvalue weighted by atomic mass is 35.5. The number of benzene rings is 1. The first-order valence-electron chi connectivity index (χ1n) is 7.44. The Balaban J connectivity index is 0.00000312. The summed E-state index contributed by atoms with van der Waals surface area (Å²) >= 11 is 6.05. The molecule has 0 saturated carbocycles. The fourth-order valence-electron chi connectivity index (χ4n) is 2.19. The van der Waals surface area contributed by atoms with Crippen molar-refractivity contribution in [3.05, 3.63) is 40.4 Å². The Kier molecular flexibility index (Phi) is 8.85. The van der Waals surface area contributed by atoms with Crippen molar-refractivity contribution >= 4 is 29.9 Å². The number of hydrogen-bond acceptors (Lipinski definition) is 5. The number of amides is 1. The maximum absolute atomic E-state index is 14.1. The first-order valence-corrected chi connectivity index (χ1v) is 7.82. The lowest BCUT2D eigenvalue weighted by atomic mass is 10.0. The number of aromatic nitrogens is 1. The standard InChI is InChI=1S/C16H19ClFN3O3.ClH/c1-10-13(16(22)20-7-6-19-8-9-23-2)15(21-24-10)14-11(17)4-3-5-12(14)18;/h3-5,19H,6-9H2,1-2H3,(H,20,22);1H. The molecule has 0 bridgehead atoms. The third-order valence-corrected chi connectivity index (χ3v) is 3.67.